The fourth-order valence-corrected chi connectivity index (χ4v) is 1.55. The molecule has 0 saturated carbocycles. The minimum Gasteiger partial charge on any atom is -0.142 e. The zero-order chi connectivity index (χ0) is 7.82. The molecule has 0 aliphatic carbocycles. The van der Waals surface area contributed by atoms with Crippen molar-refractivity contribution in [3.8, 4) is 0 Å². The van der Waals surface area contributed by atoms with Crippen LogP contribution in [0.15, 0.2) is 0 Å². The van der Waals surface area contributed by atoms with Gasteiger partial charge >= 0.3 is 7.15 Å². The molecule has 2 nitrogen and oxygen atoms in total. The average molecular weight is 181 g/mol. The van der Waals surface area contributed by atoms with Crippen molar-refractivity contribution in [1.82, 2.24) is 0 Å². The lowest BCUT2D eigenvalue weighted by Gasteiger charge is -1.88. The summed E-state index contributed by atoms with van der Waals surface area (Å²) >= 11 is 4.89. The second kappa shape index (κ2) is 7.55. The van der Waals surface area contributed by atoms with E-state index < -0.39 is 7.15 Å². The summed E-state index contributed by atoms with van der Waals surface area (Å²) in [6.07, 6.45) is 2.01. The first-order chi connectivity index (χ1) is 4.81. The Morgan fingerprint density at radius 1 is 1.10 bits per heavy atom. The van der Waals surface area contributed by atoms with Crippen molar-refractivity contribution in [2.75, 3.05) is 13.2 Å². The molecule has 0 fully saturated rings. The van der Waals surface area contributed by atoms with E-state index >= 15 is 0 Å². The van der Waals surface area contributed by atoms with Crippen molar-refractivity contribution in [2.24, 2.45) is 0 Å². The van der Waals surface area contributed by atoms with E-state index in [-0.39, 0.29) is 0 Å². The second-order valence-electron chi connectivity index (χ2n) is 1.89. The maximum atomic E-state index is 5.15. The summed E-state index contributed by atoms with van der Waals surface area (Å²) in [6.45, 7) is 5.55. The highest BCUT2D eigenvalue weighted by Crippen LogP contribution is 2.23. The molecule has 0 rings (SSSR count). The standard InChI is InChI=1S/C6H14O2PS/c1-3-5-7-9(10)8-6-4-2/h3-6H2,1-2H3/q+1. The second-order valence-corrected chi connectivity index (χ2v) is 3.75. The Morgan fingerprint density at radius 3 is 1.80 bits per heavy atom. The van der Waals surface area contributed by atoms with E-state index in [9.17, 15) is 0 Å². The molecule has 0 amide bonds. The summed E-state index contributed by atoms with van der Waals surface area (Å²) in [5.74, 6) is 0. The van der Waals surface area contributed by atoms with Crippen LogP contribution >= 0.6 is 7.15 Å². The van der Waals surface area contributed by atoms with Crippen LogP contribution in [0.2, 0.25) is 0 Å². The monoisotopic (exact) mass is 181 g/mol. The summed E-state index contributed by atoms with van der Waals surface area (Å²) < 4.78 is 10.3. The van der Waals surface area contributed by atoms with Crippen LogP contribution in [0.5, 0.6) is 0 Å². The predicted molar refractivity (Wildman–Crippen MR) is 46.8 cm³/mol. The van der Waals surface area contributed by atoms with E-state index in [0.717, 1.165) is 26.1 Å². The average Bonchev–Trinajstić information content (AvgIpc) is 1.97. The zero-order valence-electron chi connectivity index (χ0n) is 6.50. The predicted octanol–water partition coefficient (Wildman–Crippen LogP) is 2.61. The molecule has 0 unspecified atom stereocenters. The molecule has 0 heterocycles. The van der Waals surface area contributed by atoms with E-state index in [1.807, 2.05) is 0 Å². The molecule has 0 saturated heterocycles. The van der Waals surface area contributed by atoms with Gasteiger partial charge in [-0.1, -0.05) is 13.8 Å². The lowest BCUT2D eigenvalue weighted by atomic mass is 10.5. The van der Waals surface area contributed by atoms with Crippen molar-refractivity contribution in [3.63, 3.8) is 0 Å². The fourth-order valence-electron chi connectivity index (χ4n) is 0.369. The minimum atomic E-state index is -1.01. The highest BCUT2D eigenvalue weighted by atomic mass is 32.4. The molecule has 0 aromatic carbocycles. The summed E-state index contributed by atoms with van der Waals surface area (Å²) in [7, 11) is -1.01. The first-order valence-corrected chi connectivity index (χ1v) is 5.73. The molecule has 60 valence electrons. The molecule has 0 atom stereocenters. The summed E-state index contributed by atoms with van der Waals surface area (Å²) in [5, 5.41) is 0. The van der Waals surface area contributed by atoms with Gasteiger partial charge in [-0.25, -0.2) is 0 Å². The smallest absolute Gasteiger partial charge is 0.142 e. The van der Waals surface area contributed by atoms with Crippen LogP contribution in [-0.2, 0) is 20.9 Å². The molecule has 0 aromatic rings. The molecule has 4 heteroatoms. The highest BCUT2D eigenvalue weighted by Gasteiger charge is 2.10. The third-order valence-corrected chi connectivity index (χ3v) is 2.22. The van der Waals surface area contributed by atoms with Crippen molar-refractivity contribution in [2.45, 2.75) is 26.7 Å². The maximum Gasteiger partial charge on any atom is 0.521 e. The molecule has 0 aliphatic heterocycles. The van der Waals surface area contributed by atoms with Crippen LogP contribution < -0.4 is 0 Å². The Kier molecular flexibility index (Phi) is 7.88. The quantitative estimate of drug-likeness (QED) is 0.587. The van der Waals surface area contributed by atoms with Gasteiger partial charge in [0.1, 0.15) is 13.2 Å². The molecule has 0 N–H and O–H groups in total. The lowest BCUT2D eigenvalue weighted by molar-refractivity contribution is 0.264. The van der Waals surface area contributed by atoms with Crippen LogP contribution in [0, 0.1) is 0 Å². The van der Waals surface area contributed by atoms with Gasteiger partial charge in [0.15, 0.2) is 0 Å². The van der Waals surface area contributed by atoms with Gasteiger partial charge in [0.25, 0.3) is 0 Å². The molecule has 0 bridgehead atoms. The van der Waals surface area contributed by atoms with Gasteiger partial charge in [-0.2, -0.15) is 0 Å². The number of hydrogen-bond donors (Lipinski definition) is 0. The van der Waals surface area contributed by atoms with Gasteiger partial charge in [0.05, 0.1) is 0 Å². The largest absolute Gasteiger partial charge is 0.521 e. The van der Waals surface area contributed by atoms with Crippen LogP contribution in [0.25, 0.3) is 0 Å². The van der Waals surface area contributed by atoms with Crippen LogP contribution in [0.3, 0.4) is 0 Å². The van der Waals surface area contributed by atoms with Gasteiger partial charge in [-0.15, -0.1) is 9.05 Å². The third-order valence-electron chi connectivity index (χ3n) is 0.802. The van der Waals surface area contributed by atoms with Crippen molar-refractivity contribution >= 4 is 19.0 Å². The first kappa shape index (κ1) is 10.4. The number of rotatable bonds is 6. The van der Waals surface area contributed by atoms with Gasteiger partial charge in [0.2, 0.25) is 11.8 Å². The van der Waals surface area contributed by atoms with E-state index in [2.05, 4.69) is 13.8 Å². The highest BCUT2D eigenvalue weighted by molar-refractivity contribution is 8.00. The molecular weight excluding hydrogens is 167 g/mol. The Bertz CT molecular complexity index is 87.7. The van der Waals surface area contributed by atoms with E-state index in [1.165, 1.54) is 0 Å². The maximum absolute atomic E-state index is 5.15. The molecule has 0 radical (unpaired) electrons. The van der Waals surface area contributed by atoms with Crippen LogP contribution in [0.4, 0.5) is 0 Å². The molecule has 0 aromatic heterocycles. The zero-order valence-corrected chi connectivity index (χ0v) is 8.21. The van der Waals surface area contributed by atoms with E-state index in [4.69, 9.17) is 20.9 Å². The Morgan fingerprint density at radius 2 is 1.50 bits per heavy atom. The van der Waals surface area contributed by atoms with Crippen molar-refractivity contribution < 1.29 is 9.05 Å². The third kappa shape index (κ3) is 6.56. The number of hydrogen-bond acceptors (Lipinski definition) is 3. The van der Waals surface area contributed by atoms with Crippen molar-refractivity contribution in [3.05, 3.63) is 0 Å². The van der Waals surface area contributed by atoms with Gasteiger partial charge in [-0.3, -0.25) is 0 Å². The summed E-state index contributed by atoms with van der Waals surface area (Å²) in [4.78, 5) is 0. The molecule has 0 aliphatic rings. The molecule has 0 spiro atoms. The SMILES string of the molecule is CCCO[P+](=S)OCCC. The molecule has 10 heavy (non-hydrogen) atoms. The van der Waals surface area contributed by atoms with Gasteiger partial charge in [0, 0.05) is 0 Å². The first-order valence-electron chi connectivity index (χ1n) is 3.54. The van der Waals surface area contributed by atoms with Crippen LogP contribution in [0.1, 0.15) is 26.7 Å². The fraction of sp³-hybridized carbons (Fsp3) is 1.00. The van der Waals surface area contributed by atoms with Crippen LogP contribution in [-0.4, -0.2) is 13.2 Å². The van der Waals surface area contributed by atoms with Crippen molar-refractivity contribution in [1.29, 1.82) is 0 Å². The molecular formula is C6H14O2PS+. The lowest BCUT2D eigenvalue weighted by Crippen LogP contribution is -1.87. The van der Waals surface area contributed by atoms with E-state index in [0.29, 0.717) is 0 Å². The summed E-state index contributed by atoms with van der Waals surface area (Å²) in [5.41, 5.74) is 0. The Hall–Kier alpha value is 0.440. The Labute approximate surface area is 68.5 Å². The summed E-state index contributed by atoms with van der Waals surface area (Å²) in [6, 6.07) is 0. The Balaban J connectivity index is 3.09. The topological polar surface area (TPSA) is 18.5 Å². The normalized spacial score (nSPS) is 9.80. The minimum absolute atomic E-state index is 0.721. The van der Waals surface area contributed by atoms with E-state index in [1.54, 1.807) is 0 Å². The van der Waals surface area contributed by atoms with Gasteiger partial charge in [-0.05, 0) is 12.8 Å². The van der Waals surface area contributed by atoms with Gasteiger partial charge < -0.3 is 0 Å².